The maximum atomic E-state index is 6.22. The quantitative estimate of drug-likeness (QED) is 0.640. The van der Waals surface area contributed by atoms with Crippen molar-refractivity contribution in [1.29, 1.82) is 0 Å². The van der Waals surface area contributed by atoms with Gasteiger partial charge in [-0.3, -0.25) is 0 Å². The molecule has 0 fully saturated rings. The first-order valence-corrected chi connectivity index (χ1v) is 5.53. The van der Waals surface area contributed by atoms with Gasteiger partial charge < -0.3 is 0 Å². The molecule has 0 N–H and O–H groups in total. The third-order valence-corrected chi connectivity index (χ3v) is 3.12. The summed E-state index contributed by atoms with van der Waals surface area (Å²) in [4.78, 5) is 0. The fraction of sp³-hybridized carbons (Fsp3) is 0.538. The van der Waals surface area contributed by atoms with Crippen LogP contribution in [0.2, 0.25) is 5.02 Å². The minimum atomic E-state index is 0.208. The van der Waals surface area contributed by atoms with Gasteiger partial charge in [-0.05, 0) is 35.4 Å². The van der Waals surface area contributed by atoms with E-state index in [0.29, 0.717) is 0 Å². The van der Waals surface area contributed by atoms with Gasteiger partial charge >= 0.3 is 0 Å². The topological polar surface area (TPSA) is 0 Å². The molecule has 0 aliphatic carbocycles. The molecule has 0 saturated heterocycles. The van der Waals surface area contributed by atoms with Gasteiger partial charge in [-0.2, -0.15) is 0 Å². The molecule has 1 aromatic rings. The summed E-state index contributed by atoms with van der Waals surface area (Å²) in [5.41, 5.74) is 4.03. The Balaban J connectivity index is 3.30. The van der Waals surface area contributed by atoms with E-state index < -0.39 is 0 Å². The summed E-state index contributed by atoms with van der Waals surface area (Å²) < 4.78 is 0. The van der Waals surface area contributed by atoms with Gasteiger partial charge in [0.1, 0.15) is 0 Å². The van der Waals surface area contributed by atoms with Gasteiger partial charge in [0.25, 0.3) is 0 Å². The number of halogens is 1. The summed E-state index contributed by atoms with van der Waals surface area (Å²) in [6.07, 6.45) is 1.00. The molecule has 1 aromatic carbocycles. The molecule has 0 saturated carbocycles. The van der Waals surface area contributed by atoms with Crippen molar-refractivity contribution >= 4 is 11.6 Å². The van der Waals surface area contributed by atoms with Gasteiger partial charge in [0.2, 0.25) is 0 Å². The normalized spacial score (nSPS) is 11.9. The largest absolute Gasteiger partial charge is 0.0837 e. The number of hydrogen-bond donors (Lipinski definition) is 0. The molecule has 0 unspecified atom stereocenters. The van der Waals surface area contributed by atoms with E-state index in [1.165, 1.54) is 16.7 Å². The highest BCUT2D eigenvalue weighted by Crippen LogP contribution is 2.29. The third-order valence-electron chi connectivity index (χ3n) is 2.58. The first-order valence-electron chi connectivity index (χ1n) is 5.15. The van der Waals surface area contributed by atoms with E-state index in [9.17, 15) is 0 Å². The molecule has 78 valence electrons. The zero-order valence-corrected chi connectivity index (χ0v) is 10.5. The Morgan fingerprint density at radius 3 is 2.21 bits per heavy atom. The minimum Gasteiger partial charge on any atom is -0.0837 e. The first-order chi connectivity index (χ1) is 6.36. The summed E-state index contributed by atoms with van der Waals surface area (Å²) in [5, 5.41) is 0.931. The fourth-order valence-corrected chi connectivity index (χ4v) is 1.78. The molecule has 0 nitrogen and oxygen atoms in total. The van der Waals surface area contributed by atoms with Crippen molar-refractivity contribution in [2.24, 2.45) is 0 Å². The Morgan fingerprint density at radius 1 is 1.21 bits per heavy atom. The average Bonchev–Trinajstić information content (AvgIpc) is 2.07. The van der Waals surface area contributed by atoms with E-state index in [-0.39, 0.29) is 5.41 Å². The molecule has 1 heteroatoms. The molecule has 0 spiro atoms. The highest BCUT2D eigenvalue weighted by Gasteiger charge is 2.16. The van der Waals surface area contributed by atoms with Crippen LogP contribution < -0.4 is 0 Å². The van der Waals surface area contributed by atoms with Crippen molar-refractivity contribution in [3.05, 3.63) is 33.8 Å². The van der Waals surface area contributed by atoms with Crippen molar-refractivity contribution in [3.63, 3.8) is 0 Å². The molecule has 0 bridgehead atoms. The third kappa shape index (κ3) is 2.30. The Labute approximate surface area is 92.3 Å². The molecular formula is C13H19Cl. The molecule has 0 heterocycles. The maximum Gasteiger partial charge on any atom is 0.0467 e. The van der Waals surface area contributed by atoms with E-state index >= 15 is 0 Å². The van der Waals surface area contributed by atoms with Crippen molar-refractivity contribution in [1.82, 2.24) is 0 Å². The van der Waals surface area contributed by atoms with E-state index in [1.807, 2.05) is 0 Å². The SMILES string of the molecule is CCc1cc(C(C)(C)C)cc(C)c1Cl. The zero-order chi connectivity index (χ0) is 10.9. The van der Waals surface area contributed by atoms with Gasteiger partial charge in [-0.15, -0.1) is 0 Å². The van der Waals surface area contributed by atoms with Crippen LogP contribution in [0.3, 0.4) is 0 Å². The highest BCUT2D eigenvalue weighted by molar-refractivity contribution is 6.32. The lowest BCUT2D eigenvalue weighted by Gasteiger charge is -2.21. The van der Waals surface area contributed by atoms with E-state index in [2.05, 4.69) is 46.8 Å². The minimum absolute atomic E-state index is 0.208. The van der Waals surface area contributed by atoms with Gasteiger partial charge in [0, 0.05) is 5.02 Å². The molecule has 0 aromatic heterocycles. The van der Waals surface area contributed by atoms with Crippen molar-refractivity contribution < 1.29 is 0 Å². The van der Waals surface area contributed by atoms with Crippen LogP contribution in [0.25, 0.3) is 0 Å². The molecule has 0 aliphatic heterocycles. The summed E-state index contributed by atoms with van der Waals surface area (Å²) in [7, 11) is 0. The monoisotopic (exact) mass is 210 g/mol. The predicted octanol–water partition coefficient (Wildman–Crippen LogP) is 4.51. The maximum absolute atomic E-state index is 6.22. The average molecular weight is 211 g/mol. The lowest BCUT2D eigenvalue weighted by molar-refractivity contribution is 0.589. The smallest absolute Gasteiger partial charge is 0.0467 e. The second kappa shape index (κ2) is 3.94. The number of benzene rings is 1. The lowest BCUT2D eigenvalue weighted by Crippen LogP contribution is -2.12. The molecule has 14 heavy (non-hydrogen) atoms. The zero-order valence-electron chi connectivity index (χ0n) is 9.74. The predicted molar refractivity (Wildman–Crippen MR) is 64.3 cm³/mol. The van der Waals surface area contributed by atoms with Crippen LogP contribution in [-0.4, -0.2) is 0 Å². The second-order valence-electron chi connectivity index (χ2n) is 4.87. The molecule has 1 rings (SSSR count). The van der Waals surface area contributed by atoms with Gasteiger partial charge in [-0.25, -0.2) is 0 Å². The van der Waals surface area contributed by atoms with E-state index in [0.717, 1.165) is 11.4 Å². The Morgan fingerprint density at radius 2 is 1.79 bits per heavy atom. The van der Waals surface area contributed by atoms with Crippen LogP contribution >= 0.6 is 11.6 Å². The van der Waals surface area contributed by atoms with Gasteiger partial charge in [0.15, 0.2) is 0 Å². The summed E-state index contributed by atoms with van der Waals surface area (Å²) in [5.74, 6) is 0. The van der Waals surface area contributed by atoms with Crippen LogP contribution in [-0.2, 0) is 11.8 Å². The van der Waals surface area contributed by atoms with E-state index in [4.69, 9.17) is 11.6 Å². The number of hydrogen-bond acceptors (Lipinski definition) is 0. The molecule has 0 radical (unpaired) electrons. The van der Waals surface area contributed by atoms with Crippen molar-refractivity contribution in [2.75, 3.05) is 0 Å². The Bertz CT molecular complexity index is 332. The van der Waals surface area contributed by atoms with Crippen LogP contribution in [0.5, 0.6) is 0 Å². The van der Waals surface area contributed by atoms with E-state index in [1.54, 1.807) is 0 Å². The van der Waals surface area contributed by atoms with Crippen LogP contribution in [0.1, 0.15) is 44.4 Å². The number of rotatable bonds is 1. The first kappa shape index (κ1) is 11.6. The highest BCUT2D eigenvalue weighted by atomic mass is 35.5. The molecule has 0 amide bonds. The van der Waals surface area contributed by atoms with Crippen LogP contribution in [0.15, 0.2) is 12.1 Å². The van der Waals surface area contributed by atoms with Crippen molar-refractivity contribution in [3.8, 4) is 0 Å². The van der Waals surface area contributed by atoms with Crippen LogP contribution in [0, 0.1) is 6.92 Å². The molecule has 0 atom stereocenters. The Hall–Kier alpha value is -0.490. The summed E-state index contributed by atoms with van der Waals surface area (Å²) >= 11 is 6.22. The molecular weight excluding hydrogens is 192 g/mol. The summed E-state index contributed by atoms with van der Waals surface area (Å²) in [6, 6.07) is 4.43. The summed E-state index contributed by atoms with van der Waals surface area (Å²) in [6.45, 7) is 10.9. The number of aryl methyl sites for hydroxylation is 2. The van der Waals surface area contributed by atoms with Crippen LogP contribution in [0.4, 0.5) is 0 Å². The fourth-order valence-electron chi connectivity index (χ4n) is 1.53. The van der Waals surface area contributed by atoms with Gasteiger partial charge in [0.05, 0.1) is 0 Å². The van der Waals surface area contributed by atoms with Crippen molar-refractivity contribution in [2.45, 2.75) is 46.5 Å². The second-order valence-corrected chi connectivity index (χ2v) is 5.25. The Kier molecular flexibility index (Phi) is 3.26. The standard InChI is InChI=1S/C13H19Cl/c1-6-10-8-11(13(3,4)5)7-9(2)12(10)14/h7-8H,6H2,1-5H3. The molecule has 0 aliphatic rings. The van der Waals surface area contributed by atoms with Gasteiger partial charge in [-0.1, -0.05) is 51.4 Å². The lowest BCUT2D eigenvalue weighted by atomic mass is 9.85.